The molecule has 2 nitrogen and oxygen atoms in total. The van der Waals surface area contributed by atoms with Gasteiger partial charge in [0.05, 0.1) is 10.5 Å². The van der Waals surface area contributed by atoms with E-state index in [1.807, 2.05) is 20.8 Å². The Morgan fingerprint density at radius 3 is 2.14 bits per heavy atom. The lowest BCUT2D eigenvalue weighted by atomic mass is 10.2. The highest BCUT2D eigenvalue weighted by atomic mass is 33.1. The Balaban J connectivity index is 3.91. The van der Waals surface area contributed by atoms with Crippen LogP contribution in [-0.4, -0.2) is 22.1 Å². The average molecular weight is 234 g/mol. The molecule has 2 unspecified atom stereocenters. The van der Waals surface area contributed by atoms with Crippen molar-refractivity contribution in [2.45, 2.75) is 51.0 Å². The van der Waals surface area contributed by atoms with Gasteiger partial charge in [-0.3, -0.25) is 9.59 Å². The quantitative estimate of drug-likeness (QED) is 0.634. The van der Waals surface area contributed by atoms with E-state index in [1.54, 1.807) is 6.92 Å². The van der Waals surface area contributed by atoms with Gasteiger partial charge in [-0.1, -0.05) is 35.4 Å². The van der Waals surface area contributed by atoms with Crippen LogP contribution in [0.15, 0.2) is 0 Å². The van der Waals surface area contributed by atoms with Crippen LogP contribution in [0.4, 0.5) is 0 Å². The Morgan fingerprint density at radius 1 is 1.21 bits per heavy atom. The molecule has 0 aromatic heterocycles. The minimum Gasteiger partial charge on any atom is -0.299 e. The molecule has 14 heavy (non-hydrogen) atoms. The SMILES string of the molecule is CCC(=O)C(C)SSC(CC)C(C)=O. The Hall–Kier alpha value is 0.0400. The van der Waals surface area contributed by atoms with E-state index in [9.17, 15) is 9.59 Å². The van der Waals surface area contributed by atoms with E-state index in [2.05, 4.69) is 0 Å². The fourth-order valence-corrected chi connectivity index (χ4v) is 3.80. The maximum Gasteiger partial charge on any atom is 0.146 e. The van der Waals surface area contributed by atoms with Crippen LogP contribution in [0, 0.1) is 0 Å². The van der Waals surface area contributed by atoms with Crippen LogP contribution in [0.1, 0.15) is 40.5 Å². The number of rotatable bonds is 7. The maximum atomic E-state index is 11.3. The van der Waals surface area contributed by atoms with Gasteiger partial charge in [-0.25, -0.2) is 0 Å². The van der Waals surface area contributed by atoms with Crippen LogP contribution in [0.25, 0.3) is 0 Å². The summed E-state index contributed by atoms with van der Waals surface area (Å²) in [7, 11) is 3.04. The minimum absolute atomic E-state index is 0.00148. The molecule has 0 saturated carbocycles. The molecule has 82 valence electrons. The van der Waals surface area contributed by atoms with E-state index < -0.39 is 0 Å². The number of carbonyl (C=O) groups is 2. The molecule has 0 fully saturated rings. The molecule has 0 aromatic carbocycles. The summed E-state index contributed by atoms with van der Waals surface area (Å²) < 4.78 is 0. The summed E-state index contributed by atoms with van der Waals surface area (Å²) in [5.74, 6) is 0.446. The van der Waals surface area contributed by atoms with Gasteiger partial charge in [0.1, 0.15) is 11.6 Å². The van der Waals surface area contributed by atoms with E-state index in [0.29, 0.717) is 6.42 Å². The zero-order valence-corrected chi connectivity index (χ0v) is 10.8. The van der Waals surface area contributed by atoms with Gasteiger partial charge in [0.2, 0.25) is 0 Å². The molecule has 0 radical (unpaired) electrons. The zero-order valence-electron chi connectivity index (χ0n) is 9.20. The summed E-state index contributed by atoms with van der Waals surface area (Å²) in [6, 6.07) is 0. The summed E-state index contributed by atoms with van der Waals surface area (Å²) >= 11 is 0. The summed E-state index contributed by atoms with van der Waals surface area (Å²) in [4.78, 5) is 22.4. The summed E-state index contributed by atoms with van der Waals surface area (Å²) in [5, 5.41) is 0.0329. The van der Waals surface area contributed by atoms with E-state index in [-0.39, 0.29) is 22.1 Å². The van der Waals surface area contributed by atoms with Gasteiger partial charge in [-0.05, 0) is 20.3 Å². The van der Waals surface area contributed by atoms with Gasteiger partial charge >= 0.3 is 0 Å². The van der Waals surface area contributed by atoms with Crippen molar-refractivity contribution in [1.29, 1.82) is 0 Å². The van der Waals surface area contributed by atoms with Crippen molar-refractivity contribution in [2.24, 2.45) is 0 Å². The first-order valence-corrected chi connectivity index (χ1v) is 7.15. The third-order valence-electron chi connectivity index (χ3n) is 1.94. The van der Waals surface area contributed by atoms with E-state index in [1.165, 1.54) is 21.6 Å². The molecule has 0 rings (SSSR count). The Kier molecular flexibility index (Phi) is 7.37. The van der Waals surface area contributed by atoms with Crippen LogP contribution in [-0.2, 0) is 9.59 Å². The number of hydrogen-bond donors (Lipinski definition) is 0. The predicted molar refractivity (Wildman–Crippen MR) is 64.7 cm³/mol. The van der Waals surface area contributed by atoms with E-state index in [0.717, 1.165) is 6.42 Å². The van der Waals surface area contributed by atoms with Gasteiger partial charge in [-0.15, -0.1) is 0 Å². The van der Waals surface area contributed by atoms with Gasteiger partial charge < -0.3 is 0 Å². The fourth-order valence-electron chi connectivity index (χ4n) is 0.915. The van der Waals surface area contributed by atoms with Crippen LogP contribution >= 0.6 is 21.6 Å². The van der Waals surface area contributed by atoms with Crippen LogP contribution in [0.3, 0.4) is 0 Å². The normalized spacial score (nSPS) is 14.9. The molecular formula is C10H18O2S2. The topological polar surface area (TPSA) is 34.1 Å². The second-order valence-electron chi connectivity index (χ2n) is 3.16. The first-order chi connectivity index (χ1) is 6.52. The van der Waals surface area contributed by atoms with Gasteiger partial charge in [0, 0.05) is 6.42 Å². The van der Waals surface area contributed by atoms with Crippen molar-refractivity contribution in [1.82, 2.24) is 0 Å². The van der Waals surface area contributed by atoms with Crippen molar-refractivity contribution in [3.05, 3.63) is 0 Å². The second kappa shape index (κ2) is 7.35. The van der Waals surface area contributed by atoms with Crippen LogP contribution < -0.4 is 0 Å². The lowest BCUT2D eigenvalue weighted by Gasteiger charge is -2.13. The van der Waals surface area contributed by atoms with Gasteiger partial charge in [-0.2, -0.15) is 0 Å². The number of ketones is 2. The lowest BCUT2D eigenvalue weighted by molar-refractivity contribution is -0.118. The highest BCUT2D eigenvalue weighted by Crippen LogP contribution is 2.33. The molecule has 4 heteroatoms. The van der Waals surface area contributed by atoms with E-state index >= 15 is 0 Å². The van der Waals surface area contributed by atoms with Gasteiger partial charge in [0.15, 0.2) is 0 Å². The maximum absolute atomic E-state index is 11.3. The first kappa shape index (κ1) is 14.0. The van der Waals surface area contributed by atoms with Crippen molar-refractivity contribution in [2.75, 3.05) is 0 Å². The van der Waals surface area contributed by atoms with Gasteiger partial charge in [0.25, 0.3) is 0 Å². The summed E-state index contributed by atoms with van der Waals surface area (Å²) in [5.41, 5.74) is 0. The molecule has 0 spiro atoms. The average Bonchev–Trinajstić information content (AvgIpc) is 2.16. The third-order valence-corrected chi connectivity index (χ3v) is 5.40. The second-order valence-corrected chi connectivity index (χ2v) is 5.98. The Labute approximate surface area is 94.0 Å². The van der Waals surface area contributed by atoms with E-state index in [4.69, 9.17) is 0 Å². The van der Waals surface area contributed by atoms with Crippen molar-refractivity contribution < 1.29 is 9.59 Å². The smallest absolute Gasteiger partial charge is 0.146 e. The highest BCUT2D eigenvalue weighted by molar-refractivity contribution is 8.77. The van der Waals surface area contributed by atoms with Crippen LogP contribution in [0.2, 0.25) is 0 Å². The minimum atomic E-state index is -0.00148. The molecule has 0 aliphatic carbocycles. The largest absolute Gasteiger partial charge is 0.299 e. The Bertz CT molecular complexity index is 204. The summed E-state index contributed by atoms with van der Waals surface area (Å²) in [6.45, 7) is 7.36. The highest BCUT2D eigenvalue weighted by Gasteiger charge is 2.17. The molecule has 2 atom stereocenters. The summed E-state index contributed by atoms with van der Waals surface area (Å²) in [6.07, 6.45) is 1.41. The molecule has 0 aromatic rings. The Morgan fingerprint density at radius 2 is 1.79 bits per heavy atom. The lowest BCUT2D eigenvalue weighted by Crippen LogP contribution is -2.14. The molecule has 0 aliphatic heterocycles. The molecular weight excluding hydrogens is 216 g/mol. The van der Waals surface area contributed by atoms with Crippen molar-refractivity contribution >= 4 is 33.2 Å². The monoisotopic (exact) mass is 234 g/mol. The first-order valence-electron chi connectivity index (χ1n) is 4.88. The molecule has 0 bridgehead atoms. The molecule has 0 aliphatic rings. The van der Waals surface area contributed by atoms with Crippen molar-refractivity contribution in [3.63, 3.8) is 0 Å². The predicted octanol–water partition coefficient (Wildman–Crippen LogP) is 3.10. The van der Waals surface area contributed by atoms with Crippen LogP contribution in [0.5, 0.6) is 0 Å². The number of hydrogen-bond acceptors (Lipinski definition) is 4. The standard InChI is InChI=1S/C10H18O2S2/c1-5-9(12)8(4)13-14-10(6-2)7(3)11/h8,10H,5-6H2,1-4H3. The number of carbonyl (C=O) groups excluding carboxylic acids is 2. The third kappa shape index (κ3) is 5.05. The van der Waals surface area contributed by atoms with Crippen molar-refractivity contribution in [3.8, 4) is 0 Å². The number of Topliss-reactive ketones (excluding diaryl/α,β-unsaturated/α-hetero) is 2. The molecule has 0 N–H and O–H groups in total. The molecule has 0 amide bonds. The molecule has 0 saturated heterocycles. The fraction of sp³-hybridized carbons (Fsp3) is 0.800. The zero-order chi connectivity index (χ0) is 11.1. The molecule has 0 heterocycles.